The third kappa shape index (κ3) is 11.2. The zero-order chi connectivity index (χ0) is 19.2. The Bertz CT molecular complexity index is 531. The number of benzene rings is 1. The third-order valence-corrected chi connectivity index (χ3v) is 2.87. The van der Waals surface area contributed by atoms with Gasteiger partial charge >= 0.3 is 12.1 Å². The Balaban J connectivity index is 0. The number of carbonyl (C=O) groups is 2. The number of carboxylic acids is 1. The number of nitrogens with two attached hydrogens (primary N) is 1. The summed E-state index contributed by atoms with van der Waals surface area (Å²) in [6.45, 7) is 4.95. The quantitative estimate of drug-likeness (QED) is 0.540. The van der Waals surface area contributed by atoms with Crippen molar-refractivity contribution >= 4 is 12.1 Å². The van der Waals surface area contributed by atoms with E-state index in [1.165, 1.54) is 11.0 Å². The first kappa shape index (κ1) is 26.8. The number of ether oxygens (including phenoxy) is 2. The first-order valence-electron chi connectivity index (χ1n) is 7.86. The number of hydrogen-bond acceptors (Lipinski definition) is 6. The number of phenolic OH excluding ortho intramolecular Hbond substituents is 1. The molecule has 1 fully saturated rings. The van der Waals surface area contributed by atoms with Crippen LogP contribution in [0.5, 0.6) is 11.5 Å². The summed E-state index contributed by atoms with van der Waals surface area (Å²) in [5, 5.41) is 26.0. The van der Waals surface area contributed by atoms with Gasteiger partial charge < -0.3 is 35.4 Å². The minimum Gasteiger partial charge on any atom is -0.504 e. The topological polar surface area (TPSA) is 143 Å². The summed E-state index contributed by atoms with van der Waals surface area (Å²) in [4.78, 5) is 21.4. The maximum absolute atomic E-state index is 10.8. The SMILES string of the molecule is CC.NCC(=O)O.O=C(O)N1CCOC(COc2ccccc2O)C1.[Y]. The van der Waals surface area contributed by atoms with Gasteiger partial charge in [0.05, 0.1) is 19.7 Å². The average molecular weight is 447 g/mol. The van der Waals surface area contributed by atoms with Gasteiger partial charge in [0.15, 0.2) is 11.5 Å². The van der Waals surface area contributed by atoms with E-state index < -0.39 is 12.1 Å². The maximum Gasteiger partial charge on any atom is 0.407 e. The fourth-order valence-corrected chi connectivity index (χ4v) is 1.76. The van der Waals surface area contributed by atoms with Crippen molar-refractivity contribution in [2.45, 2.75) is 20.0 Å². The minimum atomic E-state index is -0.968. The van der Waals surface area contributed by atoms with Gasteiger partial charge in [-0.3, -0.25) is 4.79 Å². The first-order valence-corrected chi connectivity index (χ1v) is 7.86. The van der Waals surface area contributed by atoms with E-state index in [4.69, 9.17) is 19.7 Å². The maximum atomic E-state index is 10.8. The molecule has 0 bridgehead atoms. The molecule has 9 nitrogen and oxygen atoms in total. The Morgan fingerprint density at radius 1 is 1.31 bits per heavy atom. The Labute approximate surface area is 178 Å². The van der Waals surface area contributed by atoms with Crippen molar-refractivity contribution in [2.75, 3.05) is 32.8 Å². The van der Waals surface area contributed by atoms with Crippen molar-refractivity contribution in [3.05, 3.63) is 24.3 Å². The number of rotatable bonds is 4. The Morgan fingerprint density at radius 3 is 2.38 bits per heavy atom. The van der Waals surface area contributed by atoms with Crippen LogP contribution in [0.4, 0.5) is 4.79 Å². The summed E-state index contributed by atoms with van der Waals surface area (Å²) in [6.07, 6.45) is -1.26. The van der Waals surface area contributed by atoms with E-state index in [0.29, 0.717) is 18.9 Å². The van der Waals surface area contributed by atoms with Gasteiger partial charge in [0.1, 0.15) is 12.7 Å². The van der Waals surface area contributed by atoms with Crippen LogP contribution >= 0.6 is 0 Å². The summed E-state index contributed by atoms with van der Waals surface area (Å²) >= 11 is 0. The summed E-state index contributed by atoms with van der Waals surface area (Å²) in [6, 6.07) is 6.62. The number of para-hydroxylation sites is 2. The van der Waals surface area contributed by atoms with Crippen LogP contribution in [0.2, 0.25) is 0 Å². The smallest absolute Gasteiger partial charge is 0.407 e. The summed E-state index contributed by atoms with van der Waals surface area (Å²) in [7, 11) is 0. The molecule has 1 atom stereocenters. The molecule has 1 radical (unpaired) electrons. The van der Waals surface area contributed by atoms with Gasteiger partial charge in [-0.05, 0) is 12.1 Å². The molecule has 10 heteroatoms. The molecule has 5 N–H and O–H groups in total. The second kappa shape index (κ2) is 15.8. The van der Waals surface area contributed by atoms with Crippen LogP contribution in [-0.2, 0) is 42.2 Å². The van der Waals surface area contributed by atoms with Crippen molar-refractivity contribution in [3.8, 4) is 11.5 Å². The summed E-state index contributed by atoms with van der Waals surface area (Å²) < 4.78 is 10.8. The molecular formula is C16H26N2O7Y. The van der Waals surface area contributed by atoms with Crippen LogP contribution in [-0.4, -0.2) is 71.2 Å². The standard InChI is InChI=1S/C12H15NO5.C2H5NO2.C2H6.Y/c14-10-3-1-2-4-11(10)18-8-9-7-13(12(15)16)5-6-17-9;3-1-2(4)5;1-2;/h1-4,9,14H,5-8H2,(H,15,16);1,3H2,(H,4,5);1-2H3;. The van der Waals surface area contributed by atoms with Gasteiger partial charge in [-0.25, -0.2) is 4.79 Å². The number of carboxylic acid groups (broad SMARTS) is 2. The molecule has 1 aliphatic rings. The Kier molecular flexibility index (Phi) is 16.3. The van der Waals surface area contributed by atoms with Crippen molar-refractivity contribution < 1.29 is 67.1 Å². The molecule has 1 saturated heterocycles. The van der Waals surface area contributed by atoms with Crippen LogP contribution in [0.25, 0.3) is 0 Å². The van der Waals surface area contributed by atoms with E-state index in [1.54, 1.807) is 18.2 Å². The molecule has 1 heterocycles. The molecule has 1 aromatic carbocycles. The van der Waals surface area contributed by atoms with Crippen molar-refractivity contribution in [2.24, 2.45) is 5.73 Å². The first-order chi connectivity index (χ1) is 11.9. The number of hydrogen-bond donors (Lipinski definition) is 4. The van der Waals surface area contributed by atoms with Crippen molar-refractivity contribution in [1.29, 1.82) is 0 Å². The van der Waals surface area contributed by atoms with E-state index in [-0.39, 0.29) is 64.3 Å². The predicted molar refractivity (Wildman–Crippen MR) is 91.0 cm³/mol. The molecule has 0 spiro atoms. The van der Waals surface area contributed by atoms with Crippen LogP contribution in [0.3, 0.4) is 0 Å². The molecule has 2 rings (SSSR count). The Morgan fingerprint density at radius 2 is 1.88 bits per heavy atom. The number of aliphatic carboxylic acids is 1. The zero-order valence-electron chi connectivity index (χ0n) is 15.0. The molecule has 0 aliphatic carbocycles. The molecule has 1 aliphatic heterocycles. The van der Waals surface area contributed by atoms with Crippen LogP contribution in [0, 0.1) is 0 Å². The second-order valence-electron chi connectivity index (χ2n) is 4.60. The van der Waals surface area contributed by atoms with E-state index in [2.05, 4.69) is 5.73 Å². The van der Waals surface area contributed by atoms with Crippen molar-refractivity contribution in [1.82, 2.24) is 4.90 Å². The molecule has 0 aromatic heterocycles. The predicted octanol–water partition coefficient (Wildman–Crippen LogP) is 1.20. The van der Waals surface area contributed by atoms with Gasteiger partial charge in [0, 0.05) is 39.3 Å². The number of phenols is 1. The van der Waals surface area contributed by atoms with Gasteiger partial charge in [-0.1, -0.05) is 26.0 Å². The fourth-order valence-electron chi connectivity index (χ4n) is 1.76. The molecule has 0 saturated carbocycles. The molecular weight excluding hydrogens is 421 g/mol. The molecule has 26 heavy (non-hydrogen) atoms. The van der Waals surface area contributed by atoms with E-state index in [9.17, 15) is 14.7 Å². The second-order valence-corrected chi connectivity index (χ2v) is 4.60. The van der Waals surface area contributed by atoms with Gasteiger partial charge in [-0.2, -0.15) is 0 Å². The minimum absolute atomic E-state index is 0. The van der Waals surface area contributed by atoms with E-state index in [1.807, 2.05) is 13.8 Å². The normalized spacial score (nSPS) is 15.2. The average Bonchev–Trinajstić information content (AvgIpc) is 2.63. The number of aromatic hydroxyl groups is 1. The largest absolute Gasteiger partial charge is 0.504 e. The van der Waals surface area contributed by atoms with Crippen LogP contribution in [0.15, 0.2) is 24.3 Å². The zero-order valence-corrected chi connectivity index (χ0v) is 17.8. The molecule has 1 amide bonds. The number of morpholine rings is 1. The molecule has 145 valence electrons. The monoisotopic (exact) mass is 447 g/mol. The molecule has 1 aromatic rings. The van der Waals surface area contributed by atoms with Crippen molar-refractivity contribution in [3.63, 3.8) is 0 Å². The van der Waals surface area contributed by atoms with E-state index in [0.717, 1.165) is 0 Å². The number of nitrogens with zero attached hydrogens (tertiary/aromatic N) is 1. The third-order valence-electron chi connectivity index (χ3n) is 2.87. The summed E-state index contributed by atoms with van der Waals surface area (Å²) in [5.74, 6) is -0.540. The Hall–Kier alpha value is -1.42. The summed E-state index contributed by atoms with van der Waals surface area (Å²) in [5.41, 5.74) is 4.57. The van der Waals surface area contributed by atoms with Crippen LogP contribution in [0.1, 0.15) is 13.8 Å². The van der Waals surface area contributed by atoms with Gasteiger partial charge in [0.2, 0.25) is 0 Å². The van der Waals surface area contributed by atoms with Crippen LogP contribution < -0.4 is 10.5 Å². The van der Waals surface area contributed by atoms with Gasteiger partial charge in [0.25, 0.3) is 0 Å². The fraction of sp³-hybridized carbons (Fsp3) is 0.500. The van der Waals surface area contributed by atoms with E-state index >= 15 is 0 Å². The molecule has 1 unspecified atom stereocenters. The number of amides is 1. The van der Waals surface area contributed by atoms with Gasteiger partial charge in [-0.15, -0.1) is 0 Å².